The molecule has 3 aromatic carbocycles. The Bertz CT molecular complexity index is 947. The number of benzene rings is 3. The quantitative estimate of drug-likeness (QED) is 0.590. The van der Waals surface area contributed by atoms with Crippen LogP contribution in [0.2, 0.25) is 0 Å². The van der Waals surface area contributed by atoms with E-state index in [0.717, 1.165) is 0 Å². The first-order valence-corrected chi connectivity index (χ1v) is 8.50. The van der Waals surface area contributed by atoms with Crippen molar-refractivity contribution in [3.8, 4) is 5.75 Å². The van der Waals surface area contributed by atoms with Gasteiger partial charge in [0.1, 0.15) is 0 Å². The van der Waals surface area contributed by atoms with E-state index in [9.17, 15) is 14.0 Å². The number of halogens is 1. The van der Waals surface area contributed by atoms with Crippen LogP contribution in [0.15, 0.2) is 78.9 Å². The molecule has 3 rings (SSSR count). The lowest BCUT2D eigenvalue weighted by molar-refractivity contribution is -0.118. The molecule has 0 bridgehead atoms. The Morgan fingerprint density at radius 2 is 1.25 bits per heavy atom. The van der Waals surface area contributed by atoms with Crippen LogP contribution < -0.4 is 20.7 Å². The highest BCUT2D eigenvalue weighted by molar-refractivity contribution is 6.00. The van der Waals surface area contributed by atoms with Crippen LogP contribution in [0.1, 0.15) is 0 Å². The molecule has 7 heteroatoms. The molecule has 3 amide bonds. The number of ether oxygens (including phenoxy) is 1. The van der Waals surface area contributed by atoms with Gasteiger partial charge in [-0.2, -0.15) is 0 Å². The van der Waals surface area contributed by atoms with Crippen molar-refractivity contribution < 1.29 is 18.7 Å². The van der Waals surface area contributed by atoms with E-state index in [-0.39, 0.29) is 18.4 Å². The Hall–Kier alpha value is -3.87. The Kier molecular flexibility index (Phi) is 6.20. The maximum Gasteiger partial charge on any atom is 0.323 e. The van der Waals surface area contributed by atoms with Crippen LogP contribution in [0.3, 0.4) is 0 Å². The van der Waals surface area contributed by atoms with Gasteiger partial charge >= 0.3 is 6.03 Å². The first kappa shape index (κ1) is 18.9. The summed E-state index contributed by atoms with van der Waals surface area (Å²) in [5, 5.41) is 8.04. The minimum atomic E-state index is -0.528. The average Bonchev–Trinajstić information content (AvgIpc) is 2.69. The second-order valence-electron chi connectivity index (χ2n) is 5.79. The third-order valence-electron chi connectivity index (χ3n) is 3.65. The Morgan fingerprint density at radius 3 is 1.89 bits per heavy atom. The van der Waals surface area contributed by atoms with E-state index < -0.39 is 11.7 Å². The lowest BCUT2D eigenvalue weighted by Gasteiger charge is -2.10. The molecular formula is C21H18FN3O3. The molecule has 3 N–H and O–H groups in total. The monoisotopic (exact) mass is 379 g/mol. The smallest absolute Gasteiger partial charge is 0.323 e. The first-order chi connectivity index (χ1) is 13.6. The van der Waals surface area contributed by atoms with Gasteiger partial charge in [0.2, 0.25) is 0 Å². The van der Waals surface area contributed by atoms with Gasteiger partial charge in [-0.05, 0) is 48.5 Å². The summed E-state index contributed by atoms with van der Waals surface area (Å²) in [7, 11) is 0. The zero-order valence-corrected chi connectivity index (χ0v) is 14.8. The molecule has 0 aromatic heterocycles. The molecule has 0 saturated carbocycles. The molecule has 0 spiro atoms. The van der Waals surface area contributed by atoms with Gasteiger partial charge in [0.25, 0.3) is 5.91 Å². The zero-order valence-electron chi connectivity index (χ0n) is 14.8. The molecular weight excluding hydrogens is 361 g/mol. The van der Waals surface area contributed by atoms with Gasteiger partial charge in [-0.25, -0.2) is 9.18 Å². The second kappa shape index (κ2) is 9.18. The number of hydrogen-bond donors (Lipinski definition) is 3. The summed E-state index contributed by atoms with van der Waals surface area (Å²) < 4.78 is 18.6. The molecule has 0 heterocycles. The van der Waals surface area contributed by atoms with Crippen molar-refractivity contribution in [1.82, 2.24) is 0 Å². The van der Waals surface area contributed by atoms with E-state index in [1.54, 1.807) is 42.5 Å². The predicted octanol–water partition coefficient (Wildman–Crippen LogP) is 4.49. The van der Waals surface area contributed by atoms with Crippen molar-refractivity contribution in [2.75, 3.05) is 22.6 Å². The van der Waals surface area contributed by atoms with E-state index >= 15 is 0 Å². The van der Waals surface area contributed by atoms with Crippen LogP contribution in [0.25, 0.3) is 0 Å². The summed E-state index contributed by atoms with van der Waals surface area (Å²) in [5.41, 5.74) is 1.77. The minimum absolute atomic E-state index is 0.0154. The van der Waals surface area contributed by atoms with E-state index in [1.165, 1.54) is 18.2 Å². The van der Waals surface area contributed by atoms with E-state index in [2.05, 4.69) is 16.0 Å². The highest BCUT2D eigenvalue weighted by Gasteiger charge is 2.07. The molecule has 28 heavy (non-hydrogen) atoms. The summed E-state index contributed by atoms with van der Waals surface area (Å²) in [6, 6.07) is 21.1. The number of para-hydroxylation sites is 2. The topological polar surface area (TPSA) is 79.5 Å². The van der Waals surface area contributed by atoms with Crippen molar-refractivity contribution >= 4 is 29.0 Å². The van der Waals surface area contributed by atoms with Gasteiger partial charge in [-0.15, -0.1) is 0 Å². The zero-order chi connectivity index (χ0) is 19.8. The maximum atomic E-state index is 13.5. The van der Waals surface area contributed by atoms with Crippen LogP contribution in [-0.4, -0.2) is 18.5 Å². The van der Waals surface area contributed by atoms with Crippen molar-refractivity contribution in [2.24, 2.45) is 0 Å². The van der Waals surface area contributed by atoms with Gasteiger partial charge in [-0.3, -0.25) is 4.79 Å². The SMILES string of the molecule is O=C(COc1ccccc1F)Nc1ccc(NC(=O)Nc2ccccc2)cc1. The minimum Gasteiger partial charge on any atom is -0.481 e. The number of hydrogen-bond acceptors (Lipinski definition) is 3. The fourth-order valence-electron chi connectivity index (χ4n) is 2.35. The average molecular weight is 379 g/mol. The molecule has 0 fully saturated rings. The molecule has 142 valence electrons. The summed E-state index contributed by atoms with van der Waals surface area (Å²) in [6.45, 7) is -0.319. The lowest BCUT2D eigenvalue weighted by Crippen LogP contribution is -2.21. The van der Waals surface area contributed by atoms with Crippen molar-refractivity contribution in [2.45, 2.75) is 0 Å². The fourth-order valence-corrected chi connectivity index (χ4v) is 2.35. The number of rotatable bonds is 6. The summed E-state index contributed by atoms with van der Waals surface area (Å²) >= 11 is 0. The highest BCUT2D eigenvalue weighted by Crippen LogP contribution is 2.16. The molecule has 0 atom stereocenters. The van der Waals surface area contributed by atoms with Crippen LogP contribution in [0.4, 0.5) is 26.2 Å². The van der Waals surface area contributed by atoms with Crippen LogP contribution in [0.5, 0.6) is 5.75 Å². The predicted molar refractivity (Wildman–Crippen MR) is 106 cm³/mol. The van der Waals surface area contributed by atoms with Gasteiger partial charge in [-0.1, -0.05) is 30.3 Å². The number of amides is 3. The molecule has 0 aliphatic heterocycles. The van der Waals surface area contributed by atoms with Gasteiger partial charge in [0.05, 0.1) is 0 Å². The summed E-state index contributed by atoms with van der Waals surface area (Å²) in [5.74, 6) is -0.938. The molecule has 3 aromatic rings. The number of carbonyl (C=O) groups excluding carboxylic acids is 2. The van der Waals surface area contributed by atoms with Crippen molar-refractivity contribution in [3.05, 3.63) is 84.7 Å². The third kappa shape index (κ3) is 5.57. The standard InChI is InChI=1S/C21H18FN3O3/c22-18-8-4-5-9-19(18)28-14-20(26)23-16-10-12-17(13-11-16)25-21(27)24-15-6-2-1-3-7-15/h1-13H,14H2,(H,23,26)(H2,24,25,27). The second-order valence-corrected chi connectivity index (χ2v) is 5.79. The van der Waals surface area contributed by atoms with Crippen molar-refractivity contribution in [1.29, 1.82) is 0 Å². The number of carbonyl (C=O) groups is 2. The molecule has 0 unspecified atom stereocenters. The van der Waals surface area contributed by atoms with Gasteiger partial charge in [0, 0.05) is 17.1 Å². The highest BCUT2D eigenvalue weighted by atomic mass is 19.1. The first-order valence-electron chi connectivity index (χ1n) is 8.50. The maximum absolute atomic E-state index is 13.5. The Balaban J connectivity index is 1.48. The molecule has 0 radical (unpaired) electrons. The fraction of sp³-hybridized carbons (Fsp3) is 0.0476. The summed E-state index contributed by atoms with van der Waals surface area (Å²) in [4.78, 5) is 23.9. The molecule has 0 aliphatic rings. The molecule has 0 aliphatic carbocycles. The molecule has 6 nitrogen and oxygen atoms in total. The van der Waals surface area contributed by atoms with Gasteiger partial charge < -0.3 is 20.7 Å². The van der Waals surface area contributed by atoms with Crippen LogP contribution in [-0.2, 0) is 4.79 Å². The normalized spacial score (nSPS) is 10.0. The van der Waals surface area contributed by atoms with Crippen LogP contribution in [0, 0.1) is 5.82 Å². The number of anilines is 3. The summed E-state index contributed by atoms with van der Waals surface area (Å²) in [6.07, 6.45) is 0. The number of urea groups is 1. The van der Waals surface area contributed by atoms with E-state index in [0.29, 0.717) is 17.1 Å². The number of nitrogens with one attached hydrogen (secondary N) is 3. The Morgan fingerprint density at radius 1 is 0.714 bits per heavy atom. The van der Waals surface area contributed by atoms with E-state index in [1.807, 2.05) is 18.2 Å². The van der Waals surface area contributed by atoms with Crippen molar-refractivity contribution in [3.63, 3.8) is 0 Å². The van der Waals surface area contributed by atoms with Gasteiger partial charge in [0.15, 0.2) is 18.2 Å². The molecule has 0 saturated heterocycles. The Labute approximate surface area is 161 Å². The van der Waals surface area contributed by atoms with Crippen LogP contribution >= 0.6 is 0 Å². The lowest BCUT2D eigenvalue weighted by atomic mass is 10.2. The largest absolute Gasteiger partial charge is 0.481 e. The van der Waals surface area contributed by atoms with E-state index in [4.69, 9.17) is 4.74 Å². The third-order valence-corrected chi connectivity index (χ3v) is 3.65.